The van der Waals surface area contributed by atoms with Crippen LogP contribution in [0.1, 0.15) is 32.1 Å². The van der Waals surface area contributed by atoms with Crippen LogP contribution >= 0.6 is 0 Å². The minimum atomic E-state index is -0.910. The van der Waals surface area contributed by atoms with E-state index in [0.717, 1.165) is 0 Å². The van der Waals surface area contributed by atoms with Crippen molar-refractivity contribution in [3.8, 4) is 0 Å². The smallest absolute Gasteiger partial charge is 0.321 e. The number of rotatable bonds is 8. The first-order chi connectivity index (χ1) is 8.95. The van der Waals surface area contributed by atoms with Crippen molar-refractivity contribution in [3.63, 3.8) is 0 Å². The van der Waals surface area contributed by atoms with Gasteiger partial charge in [-0.25, -0.2) is 4.79 Å². The number of carbonyl (C=O) groups is 4. The molecule has 0 atom stereocenters. The molecule has 108 valence electrons. The monoisotopic (exact) mass is 273 g/mol. The third kappa shape index (κ3) is 10.7. The Labute approximate surface area is 110 Å². The van der Waals surface area contributed by atoms with E-state index in [1.807, 2.05) is 0 Å². The molecule has 0 rings (SSSR count). The molecule has 0 aromatic carbocycles. The second-order valence-electron chi connectivity index (χ2n) is 3.83. The summed E-state index contributed by atoms with van der Waals surface area (Å²) in [6.45, 7) is 0.137. The Kier molecular flexibility index (Phi) is 8.76. The van der Waals surface area contributed by atoms with E-state index < -0.39 is 17.9 Å². The van der Waals surface area contributed by atoms with Crippen molar-refractivity contribution in [1.29, 1.82) is 0 Å². The van der Waals surface area contributed by atoms with Crippen LogP contribution in [0, 0.1) is 0 Å². The molecule has 0 aliphatic rings. The molecule has 0 aliphatic carbocycles. The van der Waals surface area contributed by atoms with E-state index in [1.54, 1.807) is 0 Å². The molecular formula is C11H19N3O5. The van der Waals surface area contributed by atoms with Gasteiger partial charge < -0.3 is 15.7 Å². The van der Waals surface area contributed by atoms with E-state index in [1.165, 1.54) is 7.05 Å². The average Bonchev–Trinajstić information content (AvgIpc) is 2.34. The number of imide groups is 1. The van der Waals surface area contributed by atoms with Gasteiger partial charge in [0.1, 0.15) is 0 Å². The fraction of sp³-hybridized carbons (Fsp3) is 0.636. The Morgan fingerprint density at radius 1 is 0.947 bits per heavy atom. The van der Waals surface area contributed by atoms with E-state index >= 15 is 0 Å². The zero-order valence-electron chi connectivity index (χ0n) is 10.8. The first-order valence-electron chi connectivity index (χ1n) is 5.95. The van der Waals surface area contributed by atoms with Crippen molar-refractivity contribution in [1.82, 2.24) is 16.0 Å². The van der Waals surface area contributed by atoms with E-state index in [0.29, 0.717) is 12.8 Å². The van der Waals surface area contributed by atoms with E-state index in [-0.39, 0.29) is 31.7 Å². The lowest BCUT2D eigenvalue weighted by Crippen LogP contribution is -2.40. The lowest BCUT2D eigenvalue weighted by Gasteiger charge is -2.06. The van der Waals surface area contributed by atoms with Crippen LogP contribution in [0.15, 0.2) is 0 Å². The van der Waals surface area contributed by atoms with Crippen LogP contribution < -0.4 is 16.0 Å². The SMILES string of the molecule is CNC(=O)CCNC(=O)NC(=O)CCCCC(=O)O. The first-order valence-corrected chi connectivity index (χ1v) is 5.95. The summed E-state index contributed by atoms with van der Waals surface area (Å²) in [4.78, 5) is 43.5. The van der Waals surface area contributed by atoms with Gasteiger partial charge in [-0.2, -0.15) is 0 Å². The fourth-order valence-electron chi connectivity index (χ4n) is 1.21. The second-order valence-corrected chi connectivity index (χ2v) is 3.83. The highest BCUT2D eigenvalue weighted by atomic mass is 16.4. The number of nitrogens with one attached hydrogen (secondary N) is 3. The van der Waals surface area contributed by atoms with E-state index in [9.17, 15) is 19.2 Å². The van der Waals surface area contributed by atoms with Gasteiger partial charge in [0.2, 0.25) is 11.8 Å². The summed E-state index contributed by atoms with van der Waals surface area (Å²) in [7, 11) is 1.49. The van der Waals surface area contributed by atoms with E-state index in [2.05, 4.69) is 16.0 Å². The number of urea groups is 1. The zero-order valence-corrected chi connectivity index (χ0v) is 10.8. The molecule has 4 amide bonds. The molecule has 0 aromatic heterocycles. The number of hydrogen-bond acceptors (Lipinski definition) is 4. The number of carbonyl (C=O) groups excluding carboxylic acids is 3. The van der Waals surface area contributed by atoms with Crippen LogP contribution in [-0.2, 0) is 14.4 Å². The lowest BCUT2D eigenvalue weighted by molar-refractivity contribution is -0.137. The quantitative estimate of drug-likeness (QED) is 0.448. The molecule has 0 fully saturated rings. The molecule has 0 saturated heterocycles. The molecule has 0 radical (unpaired) electrons. The molecule has 0 saturated carbocycles. The summed E-state index contributed by atoms with van der Waals surface area (Å²) in [6.07, 6.45) is 1.03. The van der Waals surface area contributed by atoms with Crippen LogP contribution in [-0.4, -0.2) is 42.5 Å². The Balaban J connectivity index is 3.61. The maximum Gasteiger partial charge on any atom is 0.321 e. The first kappa shape index (κ1) is 16.9. The minimum absolute atomic E-state index is 0.00556. The maximum atomic E-state index is 11.3. The Bertz CT molecular complexity index is 343. The molecular weight excluding hydrogens is 254 g/mol. The molecule has 0 unspecified atom stereocenters. The van der Waals surface area contributed by atoms with Gasteiger partial charge in [0.05, 0.1) is 0 Å². The Hall–Kier alpha value is -2.12. The molecule has 0 spiro atoms. The summed E-state index contributed by atoms with van der Waals surface area (Å²) in [5.74, 6) is -1.59. The van der Waals surface area contributed by atoms with Crippen LogP contribution in [0.2, 0.25) is 0 Å². The van der Waals surface area contributed by atoms with Gasteiger partial charge in [-0.05, 0) is 12.8 Å². The molecule has 8 heteroatoms. The van der Waals surface area contributed by atoms with Crippen molar-refractivity contribution in [2.24, 2.45) is 0 Å². The number of hydrogen-bond donors (Lipinski definition) is 4. The third-order valence-corrected chi connectivity index (χ3v) is 2.21. The molecule has 0 aromatic rings. The molecule has 0 aliphatic heterocycles. The Morgan fingerprint density at radius 3 is 2.16 bits per heavy atom. The molecule has 0 bridgehead atoms. The number of carboxylic acid groups (broad SMARTS) is 1. The molecule has 4 N–H and O–H groups in total. The normalized spacial score (nSPS) is 9.53. The molecule has 0 heterocycles. The predicted molar refractivity (Wildman–Crippen MR) is 66.3 cm³/mol. The topological polar surface area (TPSA) is 125 Å². The number of carboxylic acids is 1. The van der Waals surface area contributed by atoms with Gasteiger partial charge in [-0.15, -0.1) is 0 Å². The maximum absolute atomic E-state index is 11.3. The van der Waals surface area contributed by atoms with Crippen molar-refractivity contribution >= 4 is 23.8 Å². The van der Waals surface area contributed by atoms with Gasteiger partial charge in [0.25, 0.3) is 0 Å². The Morgan fingerprint density at radius 2 is 1.58 bits per heavy atom. The van der Waals surface area contributed by atoms with Crippen molar-refractivity contribution in [2.75, 3.05) is 13.6 Å². The summed E-state index contributed by atoms with van der Waals surface area (Å²) >= 11 is 0. The zero-order chi connectivity index (χ0) is 14.7. The van der Waals surface area contributed by atoms with Gasteiger partial charge in [-0.3, -0.25) is 19.7 Å². The fourth-order valence-corrected chi connectivity index (χ4v) is 1.21. The summed E-state index contributed by atoms with van der Waals surface area (Å²) in [6, 6.07) is -0.660. The standard InChI is InChI=1S/C11H19N3O5/c1-12-8(15)6-7-13-11(19)14-9(16)4-2-3-5-10(17)18/h2-7H2,1H3,(H,12,15)(H,17,18)(H2,13,14,16,19). The van der Waals surface area contributed by atoms with Crippen LogP contribution in [0.5, 0.6) is 0 Å². The molecule has 19 heavy (non-hydrogen) atoms. The third-order valence-electron chi connectivity index (χ3n) is 2.21. The van der Waals surface area contributed by atoms with Gasteiger partial charge in [0.15, 0.2) is 0 Å². The van der Waals surface area contributed by atoms with Gasteiger partial charge in [-0.1, -0.05) is 0 Å². The average molecular weight is 273 g/mol. The highest BCUT2D eigenvalue weighted by molar-refractivity contribution is 5.94. The van der Waals surface area contributed by atoms with Crippen LogP contribution in [0.3, 0.4) is 0 Å². The largest absolute Gasteiger partial charge is 0.481 e. The summed E-state index contributed by atoms with van der Waals surface area (Å²) in [5, 5.41) is 15.2. The van der Waals surface area contributed by atoms with E-state index in [4.69, 9.17) is 5.11 Å². The minimum Gasteiger partial charge on any atom is -0.481 e. The highest BCUT2D eigenvalue weighted by Crippen LogP contribution is 1.99. The number of unbranched alkanes of at least 4 members (excludes halogenated alkanes) is 1. The summed E-state index contributed by atoms with van der Waals surface area (Å²) in [5.41, 5.74) is 0. The predicted octanol–water partition coefficient (Wildman–Crippen LogP) is -0.407. The highest BCUT2D eigenvalue weighted by Gasteiger charge is 2.08. The second kappa shape index (κ2) is 9.86. The molecule has 8 nitrogen and oxygen atoms in total. The van der Waals surface area contributed by atoms with Crippen molar-refractivity contribution in [3.05, 3.63) is 0 Å². The van der Waals surface area contributed by atoms with Crippen LogP contribution in [0.25, 0.3) is 0 Å². The van der Waals surface area contributed by atoms with Crippen LogP contribution in [0.4, 0.5) is 4.79 Å². The van der Waals surface area contributed by atoms with Crippen molar-refractivity contribution in [2.45, 2.75) is 32.1 Å². The van der Waals surface area contributed by atoms with Gasteiger partial charge in [0, 0.05) is 32.9 Å². The number of amides is 4. The van der Waals surface area contributed by atoms with Crippen molar-refractivity contribution < 1.29 is 24.3 Å². The lowest BCUT2D eigenvalue weighted by atomic mass is 10.2. The number of aliphatic carboxylic acids is 1. The van der Waals surface area contributed by atoms with Gasteiger partial charge >= 0.3 is 12.0 Å². The summed E-state index contributed by atoms with van der Waals surface area (Å²) < 4.78 is 0.